The molecule has 1 aromatic rings. The van der Waals surface area contributed by atoms with Gasteiger partial charge in [-0.1, -0.05) is 36.5 Å². The summed E-state index contributed by atoms with van der Waals surface area (Å²) in [4.78, 5) is 10.8. The number of hydrogen-bond donors (Lipinski definition) is 1. The minimum absolute atomic E-state index is 0.368. The van der Waals surface area contributed by atoms with E-state index in [0.29, 0.717) is 33.4 Å². The molecule has 0 saturated heterocycles. The van der Waals surface area contributed by atoms with Crippen molar-refractivity contribution in [2.24, 2.45) is 0 Å². The van der Waals surface area contributed by atoms with Crippen molar-refractivity contribution in [3.05, 3.63) is 33.8 Å². The highest BCUT2D eigenvalue weighted by molar-refractivity contribution is 6.36. The number of rotatable bonds is 5. The third-order valence-electron chi connectivity index (χ3n) is 2.38. The van der Waals surface area contributed by atoms with E-state index in [1.807, 2.05) is 6.92 Å². The van der Waals surface area contributed by atoms with Crippen LogP contribution < -0.4 is 4.74 Å². The maximum atomic E-state index is 10.8. The first-order valence-corrected chi connectivity index (χ1v) is 6.22. The molecule has 0 aliphatic heterocycles. The molecule has 3 nitrogen and oxygen atoms in total. The van der Waals surface area contributed by atoms with E-state index < -0.39 is 5.97 Å². The molecule has 0 unspecified atom stereocenters. The lowest BCUT2D eigenvalue weighted by molar-refractivity contribution is -0.131. The molecule has 0 radical (unpaired) electrons. The molecule has 1 N–H and O–H groups in total. The van der Waals surface area contributed by atoms with E-state index in [-0.39, 0.29) is 0 Å². The van der Waals surface area contributed by atoms with Gasteiger partial charge in [0.25, 0.3) is 0 Å². The summed E-state index contributed by atoms with van der Waals surface area (Å²) >= 11 is 12.0. The molecular weight excluding hydrogens is 275 g/mol. The van der Waals surface area contributed by atoms with Crippen LogP contribution in [0.25, 0.3) is 5.57 Å². The molecule has 18 heavy (non-hydrogen) atoms. The van der Waals surface area contributed by atoms with Crippen LogP contribution in [-0.2, 0) is 4.79 Å². The summed E-state index contributed by atoms with van der Waals surface area (Å²) in [5.74, 6) is -0.557. The maximum absolute atomic E-state index is 10.8. The Balaban J connectivity index is 3.39. The van der Waals surface area contributed by atoms with Gasteiger partial charge in [-0.2, -0.15) is 0 Å². The van der Waals surface area contributed by atoms with Gasteiger partial charge in [-0.3, -0.25) is 0 Å². The number of carboxylic acids is 1. The van der Waals surface area contributed by atoms with Gasteiger partial charge in [-0.05, 0) is 24.1 Å². The van der Waals surface area contributed by atoms with Gasteiger partial charge in [0.2, 0.25) is 0 Å². The van der Waals surface area contributed by atoms with Crippen LogP contribution in [0.1, 0.15) is 25.3 Å². The Kier molecular flexibility index (Phi) is 5.51. The Hall–Kier alpha value is -1.19. The van der Waals surface area contributed by atoms with Crippen LogP contribution in [0.3, 0.4) is 0 Å². The number of carbonyl (C=O) groups is 1. The second-order valence-corrected chi connectivity index (χ2v) is 4.57. The zero-order valence-electron chi connectivity index (χ0n) is 10.2. The molecule has 5 heteroatoms. The first-order chi connectivity index (χ1) is 8.49. The molecule has 1 rings (SSSR count). The molecule has 0 fully saturated rings. The van der Waals surface area contributed by atoms with Crippen molar-refractivity contribution in [1.82, 2.24) is 0 Å². The van der Waals surface area contributed by atoms with Crippen molar-refractivity contribution in [2.75, 3.05) is 7.11 Å². The van der Waals surface area contributed by atoms with Gasteiger partial charge in [-0.15, -0.1) is 0 Å². The molecule has 0 atom stereocenters. The van der Waals surface area contributed by atoms with Gasteiger partial charge in [0.05, 0.1) is 12.1 Å². The average Bonchev–Trinajstić information content (AvgIpc) is 2.27. The van der Waals surface area contributed by atoms with Crippen molar-refractivity contribution < 1.29 is 14.6 Å². The molecule has 0 aliphatic carbocycles. The van der Waals surface area contributed by atoms with Gasteiger partial charge >= 0.3 is 5.97 Å². The maximum Gasteiger partial charge on any atom is 0.328 e. The summed E-state index contributed by atoms with van der Waals surface area (Å²) in [6.45, 7) is 1.97. The second kappa shape index (κ2) is 6.66. The fourth-order valence-corrected chi connectivity index (χ4v) is 2.28. The Morgan fingerprint density at radius 2 is 2.11 bits per heavy atom. The predicted molar refractivity (Wildman–Crippen MR) is 73.5 cm³/mol. The summed E-state index contributed by atoms with van der Waals surface area (Å²) in [6, 6.07) is 3.23. The average molecular weight is 289 g/mol. The third kappa shape index (κ3) is 3.65. The molecule has 98 valence electrons. The lowest BCUT2D eigenvalue weighted by Gasteiger charge is -2.13. The van der Waals surface area contributed by atoms with Crippen LogP contribution >= 0.6 is 23.2 Å². The van der Waals surface area contributed by atoms with Gasteiger partial charge in [-0.25, -0.2) is 4.79 Å². The summed E-state index contributed by atoms with van der Waals surface area (Å²) in [5.41, 5.74) is 1.27. The van der Waals surface area contributed by atoms with Crippen molar-refractivity contribution >= 4 is 34.7 Å². The Morgan fingerprint density at radius 3 is 2.61 bits per heavy atom. The monoisotopic (exact) mass is 288 g/mol. The van der Waals surface area contributed by atoms with Gasteiger partial charge in [0, 0.05) is 16.7 Å². The molecule has 0 saturated carbocycles. The summed E-state index contributed by atoms with van der Waals surface area (Å²) < 4.78 is 5.22. The zero-order chi connectivity index (χ0) is 13.7. The van der Waals surface area contributed by atoms with E-state index in [1.165, 1.54) is 7.11 Å². The number of aliphatic carboxylic acids is 1. The summed E-state index contributed by atoms with van der Waals surface area (Å²) in [5, 5.41) is 9.71. The predicted octanol–water partition coefficient (Wildman–Crippen LogP) is 4.27. The van der Waals surface area contributed by atoms with Crippen LogP contribution in [0.4, 0.5) is 0 Å². The SMILES string of the molecule is CCC/C(=C\C(=O)O)c1cc(Cl)cc(Cl)c1OC. The quantitative estimate of drug-likeness (QED) is 0.823. The van der Waals surface area contributed by atoms with Crippen molar-refractivity contribution in [3.63, 3.8) is 0 Å². The van der Waals surface area contributed by atoms with Gasteiger partial charge in [0.1, 0.15) is 5.75 Å². The second-order valence-electron chi connectivity index (χ2n) is 3.73. The molecule has 1 aromatic carbocycles. The highest BCUT2D eigenvalue weighted by atomic mass is 35.5. The third-order valence-corrected chi connectivity index (χ3v) is 2.87. The molecule has 0 heterocycles. The Bertz CT molecular complexity index is 481. The zero-order valence-corrected chi connectivity index (χ0v) is 11.7. The van der Waals surface area contributed by atoms with E-state index in [9.17, 15) is 4.79 Å². The molecule has 0 aliphatic rings. The Labute approximate surface area is 116 Å². The highest BCUT2D eigenvalue weighted by Crippen LogP contribution is 2.37. The number of ether oxygens (including phenoxy) is 1. The largest absolute Gasteiger partial charge is 0.495 e. The molecule has 0 amide bonds. The number of carboxylic acid groups (broad SMARTS) is 1. The fraction of sp³-hybridized carbons (Fsp3) is 0.308. The van der Waals surface area contributed by atoms with Crippen LogP contribution in [0, 0.1) is 0 Å². The number of halogens is 2. The van der Waals surface area contributed by atoms with Crippen molar-refractivity contribution in [1.29, 1.82) is 0 Å². The van der Waals surface area contributed by atoms with Crippen molar-refractivity contribution in [3.8, 4) is 5.75 Å². The van der Waals surface area contributed by atoms with Crippen LogP contribution in [0.2, 0.25) is 10.0 Å². The lowest BCUT2D eigenvalue weighted by atomic mass is 10.00. The number of allylic oxidation sites excluding steroid dienone is 1. The number of methoxy groups -OCH3 is 1. The summed E-state index contributed by atoms with van der Waals surface area (Å²) in [7, 11) is 1.49. The van der Waals surface area contributed by atoms with Crippen LogP contribution in [-0.4, -0.2) is 18.2 Å². The van der Waals surface area contributed by atoms with E-state index >= 15 is 0 Å². The smallest absolute Gasteiger partial charge is 0.328 e. The van der Waals surface area contributed by atoms with Crippen LogP contribution in [0.5, 0.6) is 5.75 Å². The number of benzene rings is 1. The van der Waals surface area contributed by atoms with Crippen molar-refractivity contribution in [2.45, 2.75) is 19.8 Å². The minimum atomic E-state index is -1.00. The molecule has 0 bridgehead atoms. The first kappa shape index (κ1) is 14.9. The fourth-order valence-electron chi connectivity index (χ4n) is 1.71. The van der Waals surface area contributed by atoms with E-state index in [1.54, 1.807) is 12.1 Å². The minimum Gasteiger partial charge on any atom is -0.495 e. The van der Waals surface area contributed by atoms with Crippen LogP contribution in [0.15, 0.2) is 18.2 Å². The van der Waals surface area contributed by atoms with E-state index in [0.717, 1.165) is 12.5 Å². The molecule has 0 aromatic heterocycles. The van der Waals surface area contributed by atoms with E-state index in [4.69, 9.17) is 33.0 Å². The first-order valence-electron chi connectivity index (χ1n) is 5.46. The summed E-state index contributed by atoms with van der Waals surface area (Å²) in [6.07, 6.45) is 2.58. The lowest BCUT2D eigenvalue weighted by Crippen LogP contribution is -1.97. The van der Waals surface area contributed by atoms with Gasteiger partial charge < -0.3 is 9.84 Å². The topological polar surface area (TPSA) is 46.5 Å². The Morgan fingerprint density at radius 1 is 1.44 bits per heavy atom. The molecule has 0 spiro atoms. The standard InChI is InChI=1S/C13H14Cl2O3/c1-3-4-8(5-12(16)17)10-6-9(14)7-11(15)13(10)18-2/h5-7H,3-4H2,1-2H3,(H,16,17)/b8-5+. The van der Waals surface area contributed by atoms with Gasteiger partial charge in [0.15, 0.2) is 0 Å². The normalized spacial score (nSPS) is 11.4. The highest BCUT2D eigenvalue weighted by Gasteiger charge is 2.14. The molecular formula is C13H14Cl2O3. The van der Waals surface area contributed by atoms with E-state index in [2.05, 4.69) is 0 Å². The number of hydrogen-bond acceptors (Lipinski definition) is 2.